The molecule has 0 radical (unpaired) electrons. The van der Waals surface area contributed by atoms with Crippen molar-refractivity contribution in [3.05, 3.63) is 0 Å². The third kappa shape index (κ3) is 3.44. The molecule has 0 spiro atoms. The van der Waals surface area contributed by atoms with E-state index in [1.54, 1.807) is 0 Å². The lowest BCUT2D eigenvalue weighted by molar-refractivity contribution is 0.230. The first-order valence-electron chi connectivity index (χ1n) is 6.38. The second-order valence-corrected chi connectivity index (χ2v) is 5.39. The zero-order valence-corrected chi connectivity index (χ0v) is 10.2. The van der Waals surface area contributed by atoms with Gasteiger partial charge in [-0.25, -0.2) is 0 Å². The number of hydrogen-bond donors (Lipinski definition) is 1. The molecule has 2 unspecified atom stereocenters. The highest BCUT2D eigenvalue weighted by atomic mass is 15.2. The molecule has 1 N–H and O–H groups in total. The van der Waals surface area contributed by atoms with Crippen molar-refractivity contribution in [3.63, 3.8) is 0 Å². The van der Waals surface area contributed by atoms with Crippen LogP contribution in [-0.4, -0.2) is 62.2 Å². The lowest BCUT2D eigenvalue weighted by Gasteiger charge is -2.25. The summed E-state index contributed by atoms with van der Waals surface area (Å²) < 4.78 is 0. The van der Waals surface area contributed by atoms with E-state index in [1.165, 1.54) is 52.1 Å². The van der Waals surface area contributed by atoms with Crippen molar-refractivity contribution < 1.29 is 0 Å². The molecule has 2 atom stereocenters. The average molecular weight is 211 g/mol. The van der Waals surface area contributed by atoms with Crippen molar-refractivity contribution in [2.75, 3.05) is 46.3 Å². The monoisotopic (exact) mass is 211 g/mol. The van der Waals surface area contributed by atoms with Crippen LogP contribution in [0.5, 0.6) is 0 Å². The molecule has 0 aromatic heterocycles. The first-order valence-corrected chi connectivity index (χ1v) is 6.38. The third-order valence-corrected chi connectivity index (χ3v) is 3.68. The zero-order chi connectivity index (χ0) is 10.7. The molecule has 0 aromatic rings. The van der Waals surface area contributed by atoms with E-state index in [0.29, 0.717) is 6.04 Å². The Morgan fingerprint density at radius 1 is 1.27 bits per heavy atom. The number of nitrogens with one attached hydrogen (secondary N) is 1. The van der Waals surface area contributed by atoms with Gasteiger partial charge in [0.15, 0.2) is 0 Å². The van der Waals surface area contributed by atoms with Crippen LogP contribution in [0.4, 0.5) is 0 Å². The van der Waals surface area contributed by atoms with Crippen LogP contribution in [0.2, 0.25) is 0 Å². The van der Waals surface area contributed by atoms with Gasteiger partial charge in [0, 0.05) is 25.7 Å². The molecule has 15 heavy (non-hydrogen) atoms. The maximum absolute atomic E-state index is 3.56. The van der Waals surface area contributed by atoms with E-state index in [1.807, 2.05) is 0 Å². The minimum atomic E-state index is 0.673. The lowest BCUT2D eigenvalue weighted by Crippen LogP contribution is -2.38. The van der Waals surface area contributed by atoms with Crippen molar-refractivity contribution in [2.24, 2.45) is 5.92 Å². The summed E-state index contributed by atoms with van der Waals surface area (Å²) in [4.78, 5) is 5.12. The Balaban J connectivity index is 1.77. The van der Waals surface area contributed by atoms with Gasteiger partial charge in [-0.05, 0) is 52.4 Å². The van der Waals surface area contributed by atoms with Crippen LogP contribution in [0.3, 0.4) is 0 Å². The first-order chi connectivity index (χ1) is 7.24. The minimum Gasteiger partial charge on any atom is -0.313 e. The normalized spacial score (nSPS) is 35.6. The fourth-order valence-electron chi connectivity index (χ4n) is 2.90. The molecule has 0 amide bonds. The Labute approximate surface area is 93.8 Å². The second kappa shape index (κ2) is 5.28. The number of likely N-dealkylation sites (tertiary alicyclic amines) is 1. The van der Waals surface area contributed by atoms with Gasteiger partial charge in [0.05, 0.1) is 0 Å². The maximum atomic E-state index is 3.56. The average Bonchev–Trinajstić information content (AvgIpc) is 2.46. The highest BCUT2D eigenvalue weighted by Crippen LogP contribution is 2.16. The molecule has 0 saturated carbocycles. The van der Waals surface area contributed by atoms with E-state index >= 15 is 0 Å². The van der Waals surface area contributed by atoms with E-state index in [4.69, 9.17) is 0 Å². The van der Waals surface area contributed by atoms with Gasteiger partial charge in [-0.2, -0.15) is 0 Å². The zero-order valence-electron chi connectivity index (χ0n) is 10.2. The van der Waals surface area contributed by atoms with Crippen LogP contribution in [0.15, 0.2) is 0 Å². The summed E-state index contributed by atoms with van der Waals surface area (Å²) in [7, 11) is 2.24. The summed E-state index contributed by atoms with van der Waals surface area (Å²) in [5.74, 6) is 0.917. The van der Waals surface area contributed by atoms with Gasteiger partial charge in [0.2, 0.25) is 0 Å². The molecule has 0 bridgehead atoms. The standard InChI is InChI=1S/C12H25N3/c1-11-8-15(6-3-5-13-11)10-12-4-7-14(2)9-12/h11-13H,3-10H2,1-2H3. The maximum Gasteiger partial charge on any atom is 0.0166 e. The van der Waals surface area contributed by atoms with Gasteiger partial charge in [0.1, 0.15) is 0 Å². The molecule has 88 valence electrons. The molecule has 3 heteroatoms. The molecular formula is C12H25N3. The van der Waals surface area contributed by atoms with E-state index in [9.17, 15) is 0 Å². The summed E-state index contributed by atoms with van der Waals surface area (Å²) in [5.41, 5.74) is 0. The molecule has 0 aromatic carbocycles. The van der Waals surface area contributed by atoms with Crippen LogP contribution in [0, 0.1) is 5.92 Å². The van der Waals surface area contributed by atoms with Gasteiger partial charge < -0.3 is 15.1 Å². The largest absolute Gasteiger partial charge is 0.313 e. The van der Waals surface area contributed by atoms with Crippen molar-refractivity contribution in [1.29, 1.82) is 0 Å². The molecule has 2 aliphatic heterocycles. The summed E-state index contributed by atoms with van der Waals surface area (Å²) >= 11 is 0. The van der Waals surface area contributed by atoms with Gasteiger partial charge in [0.25, 0.3) is 0 Å². The SMILES string of the molecule is CC1CN(CC2CCN(C)C2)CCCN1. The Hall–Kier alpha value is -0.120. The first kappa shape index (κ1) is 11.4. The highest BCUT2D eigenvalue weighted by molar-refractivity contribution is 4.79. The van der Waals surface area contributed by atoms with E-state index in [-0.39, 0.29) is 0 Å². The van der Waals surface area contributed by atoms with Crippen molar-refractivity contribution in [1.82, 2.24) is 15.1 Å². The summed E-state index contributed by atoms with van der Waals surface area (Å²) in [6, 6.07) is 0.673. The summed E-state index contributed by atoms with van der Waals surface area (Å²) in [5, 5.41) is 3.56. The van der Waals surface area contributed by atoms with Crippen molar-refractivity contribution in [2.45, 2.75) is 25.8 Å². The van der Waals surface area contributed by atoms with E-state index in [2.05, 4.69) is 29.1 Å². The van der Waals surface area contributed by atoms with E-state index in [0.717, 1.165) is 5.92 Å². The van der Waals surface area contributed by atoms with Gasteiger partial charge in [-0.3, -0.25) is 0 Å². The van der Waals surface area contributed by atoms with Crippen LogP contribution in [0.1, 0.15) is 19.8 Å². The molecule has 2 aliphatic rings. The molecule has 2 saturated heterocycles. The molecule has 2 rings (SSSR count). The lowest BCUT2D eigenvalue weighted by atomic mass is 10.1. The molecule has 0 aliphatic carbocycles. The second-order valence-electron chi connectivity index (χ2n) is 5.39. The van der Waals surface area contributed by atoms with Crippen molar-refractivity contribution >= 4 is 0 Å². The Bertz CT molecular complexity index is 195. The predicted octanol–water partition coefficient (Wildman–Crippen LogP) is 0.622. The fourth-order valence-corrected chi connectivity index (χ4v) is 2.90. The Morgan fingerprint density at radius 3 is 2.87 bits per heavy atom. The molecule has 2 fully saturated rings. The Kier molecular flexibility index (Phi) is 4.00. The number of hydrogen-bond acceptors (Lipinski definition) is 3. The summed E-state index contributed by atoms with van der Waals surface area (Å²) in [6.45, 7) is 9.94. The smallest absolute Gasteiger partial charge is 0.0166 e. The molecular weight excluding hydrogens is 186 g/mol. The quantitative estimate of drug-likeness (QED) is 0.722. The molecule has 2 heterocycles. The number of nitrogens with zero attached hydrogens (tertiary/aromatic N) is 2. The molecule has 3 nitrogen and oxygen atoms in total. The minimum absolute atomic E-state index is 0.673. The van der Waals surface area contributed by atoms with Crippen LogP contribution in [-0.2, 0) is 0 Å². The highest BCUT2D eigenvalue weighted by Gasteiger charge is 2.23. The van der Waals surface area contributed by atoms with Crippen LogP contribution in [0.25, 0.3) is 0 Å². The summed E-state index contributed by atoms with van der Waals surface area (Å²) in [6.07, 6.45) is 2.71. The van der Waals surface area contributed by atoms with E-state index < -0.39 is 0 Å². The number of rotatable bonds is 2. The van der Waals surface area contributed by atoms with Crippen molar-refractivity contribution in [3.8, 4) is 0 Å². The van der Waals surface area contributed by atoms with Gasteiger partial charge in [-0.15, -0.1) is 0 Å². The van der Waals surface area contributed by atoms with Crippen LogP contribution < -0.4 is 5.32 Å². The third-order valence-electron chi connectivity index (χ3n) is 3.68. The van der Waals surface area contributed by atoms with Gasteiger partial charge >= 0.3 is 0 Å². The Morgan fingerprint density at radius 2 is 2.13 bits per heavy atom. The fraction of sp³-hybridized carbons (Fsp3) is 1.00. The van der Waals surface area contributed by atoms with Gasteiger partial charge in [-0.1, -0.05) is 0 Å². The predicted molar refractivity (Wildman–Crippen MR) is 64.1 cm³/mol. The van der Waals surface area contributed by atoms with Crippen LogP contribution >= 0.6 is 0 Å². The topological polar surface area (TPSA) is 18.5 Å².